The quantitative estimate of drug-likeness (QED) is 0.315. The van der Waals surface area contributed by atoms with E-state index in [0.717, 1.165) is 0 Å². The van der Waals surface area contributed by atoms with Gasteiger partial charge in [-0.3, -0.25) is 10.6 Å². The van der Waals surface area contributed by atoms with Crippen molar-refractivity contribution in [2.75, 3.05) is 38.2 Å². The molecule has 0 aliphatic carbocycles. The highest BCUT2D eigenvalue weighted by Crippen LogP contribution is 2.13. The van der Waals surface area contributed by atoms with Crippen molar-refractivity contribution in [2.45, 2.75) is 18.5 Å². The maximum Gasteiger partial charge on any atom is 0.183 e. The van der Waals surface area contributed by atoms with Gasteiger partial charge in [0.15, 0.2) is 11.6 Å². The van der Waals surface area contributed by atoms with E-state index in [9.17, 15) is 8.78 Å². The van der Waals surface area contributed by atoms with E-state index >= 15 is 0 Å². The summed E-state index contributed by atoms with van der Waals surface area (Å²) < 4.78 is 27.9. The zero-order valence-electron chi connectivity index (χ0n) is 9.69. The molecule has 0 aliphatic rings. The van der Waals surface area contributed by atoms with Crippen molar-refractivity contribution in [3.8, 4) is 0 Å². The van der Waals surface area contributed by atoms with Gasteiger partial charge in [-0.25, -0.2) is 8.78 Å². The van der Waals surface area contributed by atoms with Gasteiger partial charge in [-0.05, 0) is 13.6 Å². The van der Waals surface area contributed by atoms with Crippen molar-refractivity contribution in [3.05, 3.63) is 0 Å². The number of hydrogen-bond donors (Lipinski definition) is 5. The highest BCUT2D eigenvalue weighted by Gasteiger charge is 2.33. The lowest BCUT2D eigenvalue weighted by Gasteiger charge is -2.31. The molecule has 0 bridgehead atoms. The Morgan fingerprint density at radius 3 is 1.88 bits per heavy atom. The molecule has 0 amide bonds. The van der Waals surface area contributed by atoms with Gasteiger partial charge in [-0.2, -0.15) is 25.3 Å². The summed E-state index contributed by atoms with van der Waals surface area (Å²) in [6.45, 7) is 2.17. The van der Waals surface area contributed by atoms with Crippen LogP contribution in [0.15, 0.2) is 0 Å². The van der Waals surface area contributed by atoms with Crippen LogP contribution in [0.5, 0.6) is 0 Å². The van der Waals surface area contributed by atoms with Gasteiger partial charge in [-0.15, -0.1) is 0 Å². The Morgan fingerprint density at radius 2 is 1.50 bits per heavy atom. The van der Waals surface area contributed by atoms with E-state index in [2.05, 4.69) is 41.2 Å². The average molecular weight is 273 g/mol. The molecule has 16 heavy (non-hydrogen) atoms. The van der Waals surface area contributed by atoms with Crippen LogP contribution in [-0.4, -0.2) is 49.8 Å². The summed E-state index contributed by atoms with van der Waals surface area (Å²) in [6, 6.07) is 0. The Bertz CT molecular complexity index is 180. The van der Waals surface area contributed by atoms with Crippen molar-refractivity contribution >= 4 is 25.3 Å². The molecule has 0 fully saturated rings. The summed E-state index contributed by atoms with van der Waals surface area (Å²) in [4.78, 5) is 0. The maximum absolute atomic E-state index is 14.0. The van der Waals surface area contributed by atoms with E-state index in [0.29, 0.717) is 6.54 Å². The van der Waals surface area contributed by atoms with E-state index in [1.807, 2.05) is 0 Å². The van der Waals surface area contributed by atoms with Gasteiger partial charge in [0.05, 0.1) is 0 Å². The largest absolute Gasteiger partial charge is 0.315 e. The molecule has 7 heteroatoms. The summed E-state index contributed by atoms with van der Waals surface area (Å²) in [7, 11) is 1.63. The lowest BCUT2D eigenvalue weighted by molar-refractivity contribution is 0.0831. The molecule has 0 aromatic heterocycles. The van der Waals surface area contributed by atoms with Crippen LogP contribution in [0.2, 0.25) is 0 Å². The SMILES string of the molecule is CCN[C@@](F)(CS)CN[C@](F)(CS)CNC. The lowest BCUT2D eigenvalue weighted by Crippen LogP contribution is -2.58. The molecule has 0 saturated carbocycles. The van der Waals surface area contributed by atoms with E-state index in [1.165, 1.54) is 0 Å². The minimum atomic E-state index is -1.71. The van der Waals surface area contributed by atoms with Crippen molar-refractivity contribution < 1.29 is 8.78 Å². The van der Waals surface area contributed by atoms with Gasteiger partial charge in [0.2, 0.25) is 0 Å². The van der Waals surface area contributed by atoms with Crippen molar-refractivity contribution in [1.29, 1.82) is 0 Å². The van der Waals surface area contributed by atoms with E-state index in [-0.39, 0.29) is 24.6 Å². The fourth-order valence-corrected chi connectivity index (χ4v) is 1.69. The third-order valence-corrected chi connectivity index (χ3v) is 3.14. The number of thiol groups is 2. The van der Waals surface area contributed by atoms with Gasteiger partial charge in [0.25, 0.3) is 0 Å². The van der Waals surface area contributed by atoms with E-state index in [1.54, 1.807) is 14.0 Å². The molecule has 0 rings (SSSR count). The number of halogens is 2. The molecular weight excluding hydrogens is 252 g/mol. The Hall–Kier alpha value is 0.440. The van der Waals surface area contributed by atoms with Crippen LogP contribution in [0.4, 0.5) is 8.78 Å². The molecule has 0 radical (unpaired) electrons. The predicted molar refractivity (Wildman–Crippen MR) is 71.0 cm³/mol. The summed E-state index contributed by atoms with van der Waals surface area (Å²) in [5.74, 6) is -3.46. The predicted octanol–water partition coefficient (Wildman–Crippen LogP) is 0.596. The molecule has 0 aliphatic heterocycles. The van der Waals surface area contributed by atoms with Gasteiger partial charge < -0.3 is 5.32 Å². The first-order valence-electron chi connectivity index (χ1n) is 5.19. The van der Waals surface area contributed by atoms with Crippen molar-refractivity contribution in [2.24, 2.45) is 0 Å². The number of hydrogen-bond acceptors (Lipinski definition) is 5. The molecule has 0 aromatic carbocycles. The normalized spacial score (nSPS) is 19.1. The summed E-state index contributed by atoms with van der Waals surface area (Å²) >= 11 is 7.82. The molecule has 2 atom stereocenters. The monoisotopic (exact) mass is 273 g/mol. The minimum absolute atomic E-state index is 0.0178. The third-order valence-electron chi connectivity index (χ3n) is 2.14. The molecule has 3 N–H and O–H groups in total. The first-order valence-corrected chi connectivity index (χ1v) is 6.46. The second-order valence-electron chi connectivity index (χ2n) is 3.66. The van der Waals surface area contributed by atoms with Crippen LogP contribution in [0, 0.1) is 0 Å². The van der Waals surface area contributed by atoms with Crippen LogP contribution >= 0.6 is 25.3 Å². The standard InChI is InChI=1S/C9H21F2N3S2/c1-3-13-9(11,7-16)5-14-8(10,6-15)4-12-2/h12-16H,3-7H2,1-2H3/t8-,9+/m0/s1. The Labute approximate surface area is 107 Å². The van der Waals surface area contributed by atoms with Crippen LogP contribution in [0.3, 0.4) is 0 Å². The third kappa shape index (κ3) is 5.67. The average Bonchev–Trinajstić information content (AvgIpc) is 2.27. The van der Waals surface area contributed by atoms with Gasteiger partial charge in [0.1, 0.15) is 0 Å². The van der Waals surface area contributed by atoms with Crippen LogP contribution in [0.1, 0.15) is 6.92 Å². The van der Waals surface area contributed by atoms with Gasteiger partial charge in [-0.1, -0.05) is 6.92 Å². The van der Waals surface area contributed by atoms with Gasteiger partial charge in [0, 0.05) is 24.6 Å². The van der Waals surface area contributed by atoms with Crippen LogP contribution < -0.4 is 16.0 Å². The summed E-state index contributed by atoms with van der Waals surface area (Å²) in [6.07, 6.45) is 0. The Morgan fingerprint density at radius 1 is 1.00 bits per heavy atom. The smallest absolute Gasteiger partial charge is 0.183 e. The van der Waals surface area contributed by atoms with E-state index in [4.69, 9.17) is 0 Å². The topological polar surface area (TPSA) is 36.1 Å². The summed E-state index contributed by atoms with van der Waals surface area (Å²) in [5.41, 5.74) is 0. The molecule has 0 spiro atoms. The molecular formula is C9H21F2N3S2. The molecule has 0 heterocycles. The number of alkyl halides is 2. The van der Waals surface area contributed by atoms with Crippen LogP contribution in [0.25, 0.3) is 0 Å². The highest BCUT2D eigenvalue weighted by molar-refractivity contribution is 7.80. The molecule has 98 valence electrons. The fraction of sp³-hybridized carbons (Fsp3) is 1.00. The molecule has 3 nitrogen and oxygen atoms in total. The second kappa shape index (κ2) is 7.71. The zero-order valence-corrected chi connectivity index (χ0v) is 11.5. The lowest BCUT2D eigenvalue weighted by atomic mass is 10.2. The van der Waals surface area contributed by atoms with Gasteiger partial charge >= 0.3 is 0 Å². The number of nitrogens with one attached hydrogen (secondary N) is 3. The number of rotatable bonds is 9. The first-order chi connectivity index (χ1) is 7.45. The van der Waals surface area contributed by atoms with Crippen LogP contribution in [-0.2, 0) is 0 Å². The zero-order chi connectivity index (χ0) is 12.7. The highest BCUT2D eigenvalue weighted by atomic mass is 32.1. The number of likely N-dealkylation sites (N-methyl/N-ethyl adjacent to an activating group) is 2. The van der Waals surface area contributed by atoms with E-state index < -0.39 is 11.6 Å². The summed E-state index contributed by atoms with van der Waals surface area (Å²) in [5, 5.41) is 7.86. The minimum Gasteiger partial charge on any atom is -0.315 e. The Balaban J connectivity index is 4.26. The molecule has 0 aromatic rings. The van der Waals surface area contributed by atoms with Crippen molar-refractivity contribution in [3.63, 3.8) is 0 Å². The second-order valence-corrected chi connectivity index (χ2v) is 4.29. The molecule has 0 saturated heterocycles. The Kier molecular flexibility index (Phi) is 7.92. The first kappa shape index (κ1) is 16.4. The maximum atomic E-state index is 14.0. The van der Waals surface area contributed by atoms with Crippen molar-refractivity contribution in [1.82, 2.24) is 16.0 Å². The molecule has 0 unspecified atom stereocenters. The fourth-order valence-electron chi connectivity index (χ4n) is 1.24.